The molecule has 3 N–H and O–H groups in total. The Kier molecular flexibility index (Phi) is 7.66. The molecule has 0 radical (unpaired) electrons. The SMILES string of the molecule is CC(C)CS(=O)(=O)CCC(=O)N[C@@H](CC(N)=O)C(=O)c1noc(C(F)(F)F)n1. The van der Waals surface area contributed by atoms with Gasteiger partial charge < -0.3 is 15.6 Å². The first-order chi connectivity index (χ1) is 12.7. The summed E-state index contributed by atoms with van der Waals surface area (Å²) in [5.74, 6) is -6.78. The second-order valence-corrected chi connectivity index (χ2v) is 8.56. The van der Waals surface area contributed by atoms with E-state index >= 15 is 0 Å². The number of carbonyl (C=O) groups is 3. The van der Waals surface area contributed by atoms with Crippen molar-refractivity contribution in [3.05, 3.63) is 11.7 Å². The second kappa shape index (κ2) is 9.12. The number of amides is 2. The molecular weight excluding hydrogens is 409 g/mol. The first-order valence-electron chi connectivity index (χ1n) is 7.94. The van der Waals surface area contributed by atoms with Crippen LogP contribution in [-0.2, 0) is 25.6 Å². The van der Waals surface area contributed by atoms with E-state index in [1.165, 1.54) is 0 Å². The lowest BCUT2D eigenvalue weighted by molar-refractivity contribution is -0.159. The predicted molar refractivity (Wildman–Crippen MR) is 87.5 cm³/mol. The number of carbonyl (C=O) groups excluding carboxylic acids is 3. The lowest BCUT2D eigenvalue weighted by Crippen LogP contribution is -2.44. The number of alkyl halides is 3. The predicted octanol–water partition coefficient (Wildman–Crippen LogP) is 0.0922. The first-order valence-corrected chi connectivity index (χ1v) is 9.76. The maximum absolute atomic E-state index is 12.5. The van der Waals surface area contributed by atoms with Gasteiger partial charge in [0, 0.05) is 6.42 Å². The molecule has 0 aliphatic carbocycles. The standard InChI is InChI=1S/C14H19F3N4O6S/c1-7(2)6-28(25,26)4-3-10(23)19-8(5-9(18)22)11(24)12-20-13(27-21-12)14(15,16)17/h7-8H,3-6H2,1-2H3,(H2,18,22)(H,19,23)/t8-/m0/s1. The van der Waals surface area contributed by atoms with Gasteiger partial charge in [-0.2, -0.15) is 18.2 Å². The van der Waals surface area contributed by atoms with E-state index in [0.29, 0.717) is 0 Å². The average Bonchev–Trinajstić information content (AvgIpc) is 3.00. The molecule has 158 valence electrons. The minimum Gasteiger partial charge on any atom is -0.370 e. The fourth-order valence-corrected chi connectivity index (χ4v) is 3.79. The molecule has 1 rings (SSSR count). The minimum absolute atomic E-state index is 0.146. The van der Waals surface area contributed by atoms with E-state index in [0.717, 1.165) is 0 Å². The number of primary amides is 1. The van der Waals surface area contributed by atoms with Crippen molar-refractivity contribution in [2.45, 2.75) is 38.9 Å². The van der Waals surface area contributed by atoms with Crippen molar-refractivity contribution in [2.75, 3.05) is 11.5 Å². The number of hydrogen-bond acceptors (Lipinski definition) is 8. The number of aromatic nitrogens is 2. The molecule has 0 aliphatic rings. The molecule has 1 aromatic heterocycles. The number of nitrogens with two attached hydrogens (primary N) is 1. The minimum atomic E-state index is -4.99. The Morgan fingerprint density at radius 1 is 1.25 bits per heavy atom. The van der Waals surface area contributed by atoms with Crippen LogP contribution in [0.25, 0.3) is 0 Å². The first kappa shape index (κ1) is 23.5. The zero-order valence-electron chi connectivity index (χ0n) is 14.9. The molecule has 1 heterocycles. The molecule has 14 heteroatoms. The van der Waals surface area contributed by atoms with Crippen LogP contribution in [0.15, 0.2) is 4.52 Å². The molecule has 0 bridgehead atoms. The van der Waals surface area contributed by atoms with E-state index in [2.05, 4.69) is 20.0 Å². The summed E-state index contributed by atoms with van der Waals surface area (Å²) in [6.45, 7) is 3.36. The number of Topliss-reactive ketones (excluding diaryl/α,β-unsaturated/α-hetero) is 1. The highest BCUT2D eigenvalue weighted by atomic mass is 32.2. The molecule has 0 unspecified atom stereocenters. The van der Waals surface area contributed by atoms with Crippen molar-refractivity contribution < 1.29 is 40.5 Å². The fraction of sp³-hybridized carbons (Fsp3) is 0.643. The largest absolute Gasteiger partial charge is 0.471 e. The van der Waals surface area contributed by atoms with Crippen molar-refractivity contribution in [3.8, 4) is 0 Å². The third-order valence-corrected chi connectivity index (χ3v) is 5.17. The number of ketones is 1. The van der Waals surface area contributed by atoms with Gasteiger partial charge in [-0.25, -0.2) is 8.42 Å². The molecule has 1 aromatic rings. The van der Waals surface area contributed by atoms with Crippen LogP contribution in [0.1, 0.15) is 43.2 Å². The molecule has 10 nitrogen and oxygen atoms in total. The molecule has 0 fully saturated rings. The zero-order valence-corrected chi connectivity index (χ0v) is 15.8. The normalized spacial score (nSPS) is 13.4. The summed E-state index contributed by atoms with van der Waals surface area (Å²) in [5, 5.41) is 4.94. The van der Waals surface area contributed by atoms with Crippen molar-refractivity contribution in [3.63, 3.8) is 0 Å². The van der Waals surface area contributed by atoms with Crippen molar-refractivity contribution in [2.24, 2.45) is 11.7 Å². The topological polar surface area (TPSA) is 162 Å². The van der Waals surface area contributed by atoms with Crippen LogP contribution in [0, 0.1) is 5.92 Å². The molecule has 0 saturated heterocycles. The Labute approximate surface area is 157 Å². The number of hydrogen-bond donors (Lipinski definition) is 2. The number of nitrogens with one attached hydrogen (secondary N) is 1. The van der Waals surface area contributed by atoms with Crippen LogP contribution in [0.5, 0.6) is 0 Å². The van der Waals surface area contributed by atoms with Crippen molar-refractivity contribution >= 4 is 27.4 Å². The van der Waals surface area contributed by atoms with Gasteiger partial charge in [0.2, 0.25) is 23.4 Å². The monoisotopic (exact) mass is 428 g/mol. The van der Waals surface area contributed by atoms with Crippen LogP contribution in [0.2, 0.25) is 0 Å². The van der Waals surface area contributed by atoms with E-state index in [1.807, 2.05) is 0 Å². The number of rotatable bonds is 10. The molecule has 0 aromatic carbocycles. The van der Waals surface area contributed by atoms with Gasteiger partial charge in [-0.3, -0.25) is 14.4 Å². The molecular formula is C14H19F3N4O6S. The zero-order chi connectivity index (χ0) is 21.7. The maximum atomic E-state index is 12.5. The summed E-state index contributed by atoms with van der Waals surface area (Å²) in [6.07, 6.45) is -6.25. The van der Waals surface area contributed by atoms with E-state index in [4.69, 9.17) is 5.73 Å². The van der Waals surface area contributed by atoms with Crippen LogP contribution >= 0.6 is 0 Å². The summed E-state index contributed by atoms with van der Waals surface area (Å²) < 4.78 is 65.0. The lowest BCUT2D eigenvalue weighted by atomic mass is 10.1. The maximum Gasteiger partial charge on any atom is 0.471 e. The molecule has 0 saturated carbocycles. The van der Waals surface area contributed by atoms with E-state index < -0.39 is 70.0 Å². The fourth-order valence-electron chi connectivity index (χ4n) is 2.11. The van der Waals surface area contributed by atoms with Gasteiger partial charge >= 0.3 is 12.1 Å². The van der Waals surface area contributed by atoms with Gasteiger partial charge in [0.15, 0.2) is 9.84 Å². The van der Waals surface area contributed by atoms with Crippen LogP contribution in [0.3, 0.4) is 0 Å². The Hall–Kier alpha value is -2.51. The van der Waals surface area contributed by atoms with Gasteiger partial charge in [0.05, 0.1) is 17.9 Å². The molecule has 2 amide bonds. The van der Waals surface area contributed by atoms with E-state index in [-0.39, 0.29) is 11.7 Å². The van der Waals surface area contributed by atoms with E-state index in [1.54, 1.807) is 13.8 Å². The summed E-state index contributed by atoms with van der Waals surface area (Å²) in [4.78, 5) is 38.1. The van der Waals surface area contributed by atoms with Crippen LogP contribution in [0.4, 0.5) is 13.2 Å². The van der Waals surface area contributed by atoms with E-state index in [9.17, 15) is 36.0 Å². The lowest BCUT2D eigenvalue weighted by Gasteiger charge is -2.14. The molecule has 28 heavy (non-hydrogen) atoms. The highest BCUT2D eigenvalue weighted by Gasteiger charge is 2.40. The molecule has 0 aliphatic heterocycles. The van der Waals surface area contributed by atoms with Gasteiger partial charge in [0.1, 0.15) is 6.04 Å². The summed E-state index contributed by atoms with van der Waals surface area (Å²) in [7, 11) is -3.52. The smallest absolute Gasteiger partial charge is 0.370 e. The summed E-state index contributed by atoms with van der Waals surface area (Å²) in [6, 6.07) is -1.67. The van der Waals surface area contributed by atoms with Crippen molar-refractivity contribution in [1.29, 1.82) is 0 Å². The summed E-state index contributed by atoms with van der Waals surface area (Å²) >= 11 is 0. The molecule has 0 spiro atoms. The van der Waals surface area contributed by atoms with Gasteiger partial charge in [-0.15, -0.1) is 0 Å². The average molecular weight is 428 g/mol. The Balaban J connectivity index is 2.85. The summed E-state index contributed by atoms with van der Waals surface area (Å²) in [5.41, 5.74) is 4.97. The highest BCUT2D eigenvalue weighted by Crippen LogP contribution is 2.27. The number of sulfone groups is 1. The third-order valence-electron chi connectivity index (χ3n) is 3.17. The van der Waals surface area contributed by atoms with Crippen LogP contribution in [-0.4, -0.2) is 53.7 Å². The van der Waals surface area contributed by atoms with Gasteiger partial charge in [-0.05, 0) is 5.92 Å². The van der Waals surface area contributed by atoms with Gasteiger partial charge in [-0.1, -0.05) is 19.0 Å². The second-order valence-electron chi connectivity index (χ2n) is 6.33. The van der Waals surface area contributed by atoms with Crippen molar-refractivity contribution in [1.82, 2.24) is 15.5 Å². The Morgan fingerprint density at radius 2 is 1.86 bits per heavy atom. The third kappa shape index (κ3) is 7.62. The Morgan fingerprint density at radius 3 is 2.32 bits per heavy atom. The van der Waals surface area contributed by atoms with Gasteiger partial charge in [0.25, 0.3) is 0 Å². The number of nitrogens with zero attached hydrogens (tertiary/aromatic N) is 2. The molecule has 1 atom stereocenters. The quantitative estimate of drug-likeness (QED) is 0.495. The Bertz CT molecular complexity index is 834. The highest BCUT2D eigenvalue weighted by molar-refractivity contribution is 7.91. The number of halogens is 3. The van der Waals surface area contributed by atoms with Crippen LogP contribution < -0.4 is 11.1 Å².